The van der Waals surface area contributed by atoms with Gasteiger partial charge in [-0.25, -0.2) is 16.8 Å². The van der Waals surface area contributed by atoms with Crippen LogP contribution in [0, 0.1) is 0 Å². The van der Waals surface area contributed by atoms with E-state index in [9.17, 15) is 25.9 Å². The molecule has 9 heteroatoms. The minimum Gasteiger partial charge on any atom is -0.744 e. The molecule has 0 spiro atoms. The first kappa shape index (κ1) is 35.7. The largest absolute Gasteiger partial charge is 2.00 e. The zero-order chi connectivity index (χ0) is 29.5. The molecule has 0 radical (unpaired) electrons. The maximum absolute atomic E-state index is 11.1. The summed E-state index contributed by atoms with van der Waals surface area (Å²) in [7, 11) is -8.78. The summed E-state index contributed by atoms with van der Waals surface area (Å²) in [6.07, 6.45) is 8.23. The van der Waals surface area contributed by atoms with E-state index < -0.39 is 20.2 Å². The van der Waals surface area contributed by atoms with E-state index in [-0.39, 0.29) is 47.5 Å². The number of hydrogen-bond acceptors (Lipinski definition) is 6. The van der Waals surface area contributed by atoms with Gasteiger partial charge in [0.05, 0.1) is 9.79 Å². The Bertz CT molecular complexity index is 1570. The van der Waals surface area contributed by atoms with E-state index in [1.165, 1.54) is 46.5 Å². The summed E-state index contributed by atoms with van der Waals surface area (Å²) in [5, 5.41) is 3.62. The molecule has 0 N–H and O–H groups in total. The molecule has 0 heterocycles. The summed E-state index contributed by atoms with van der Waals surface area (Å²) < 4.78 is 66.6. The van der Waals surface area contributed by atoms with Gasteiger partial charge in [0.15, 0.2) is 0 Å². The Kier molecular flexibility index (Phi) is 13.8. The molecule has 0 saturated carbocycles. The van der Waals surface area contributed by atoms with Crippen molar-refractivity contribution in [3.05, 3.63) is 82.9 Å². The molecule has 4 rings (SSSR count). The maximum atomic E-state index is 11.1. The number of fused-ring (bicyclic) bond motifs is 2. The molecule has 0 atom stereocenters. The van der Waals surface area contributed by atoms with E-state index in [2.05, 4.69) is 39.8 Å². The summed E-state index contributed by atoms with van der Waals surface area (Å²) >= 11 is 0. The molecule has 0 aliphatic carbocycles. The second kappa shape index (κ2) is 15.8. The predicted octanol–water partition coefficient (Wildman–Crippen LogP) is 6.92. The average molecular weight is 623 g/mol. The Morgan fingerprint density at radius 2 is 0.732 bits per heavy atom. The van der Waals surface area contributed by atoms with Crippen LogP contribution in [-0.2, 0) is 45.9 Å². The fourth-order valence-electron chi connectivity index (χ4n) is 5.06. The van der Waals surface area contributed by atoms with Crippen LogP contribution < -0.4 is 0 Å². The van der Waals surface area contributed by atoms with E-state index in [4.69, 9.17) is 0 Å². The van der Waals surface area contributed by atoms with Crippen molar-refractivity contribution in [3.8, 4) is 0 Å². The molecule has 0 saturated heterocycles. The Morgan fingerprint density at radius 3 is 0.976 bits per heavy atom. The average Bonchev–Trinajstić information content (AvgIpc) is 2.89. The van der Waals surface area contributed by atoms with Gasteiger partial charge in [-0.15, -0.1) is 0 Å². The summed E-state index contributed by atoms with van der Waals surface area (Å²) in [5.74, 6) is 0. The van der Waals surface area contributed by atoms with Crippen LogP contribution in [0.3, 0.4) is 0 Å². The predicted molar refractivity (Wildman–Crippen MR) is 166 cm³/mol. The van der Waals surface area contributed by atoms with Gasteiger partial charge in [-0.1, -0.05) is 89.8 Å². The van der Waals surface area contributed by atoms with Crippen molar-refractivity contribution < 1.29 is 25.9 Å². The van der Waals surface area contributed by atoms with Crippen LogP contribution in [0.5, 0.6) is 0 Å². The maximum Gasteiger partial charge on any atom is 2.00 e. The zero-order valence-corrected chi connectivity index (χ0v) is 28.2. The van der Waals surface area contributed by atoms with Crippen LogP contribution in [0.15, 0.2) is 70.5 Å². The summed E-state index contributed by atoms with van der Waals surface area (Å²) in [6, 6.07) is 17.5. The van der Waals surface area contributed by atoms with Crippen molar-refractivity contribution >= 4 is 79.5 Å². The van der Waals surface area contributed by atoms with E-state index in [1.54, 1.807) is 12.1 Å². The third kappa shape index (κ3) is 9.75. The van der Waals surface area contributed by atoms with Crippen molar-refractivity contribution in [2.75, 3.05) is 0 Å². The monoisotopic (exact) mass is 622 g/mol. The summed E-state index contributed by atoms with van der Waals surface area (Å²) in [5.41, 5.74) is 5.14. The SMILES string of the molecule is CCCc1cc2ccc(S(=O)(=O)[O-])cc2cc1CCC.CCCc1cc2ccc(S(=O)(=O)[O-])cc2cc1CCC.[Ca+2]. The minimum absolute atomic E-state index is 0. The van der Waals surface area contributed by atoms with Gasteiger partial charge in [0.1, 0.15) is 20.2 Å². The molecule has 0 amide bonds. The van der Waals surface area contributed by atoms with Gasteiger partial charge in [-0.2, -0.15) is 0 Å². The Labute approximate surface area is 275 Å². The van der Waals surface area contributed by atoms with Crippen molar-refractivity contribution in [2.24, 2.45) is 0 Å². The van der Waals surface area contributed by atoms with E-state index in [0.717, 1.165) is 72.9 Å². The molecular weight excluding hydrogens is 585 g/mol. The van der Waals surface area contributed by atoms with Crippen LogP contribution in [0.2, 0.25) is 0 Å². The van der Waals surface area contributed by atoms with Crippen molar-refractivity contribution in [2.45, 2.75) is 88.9 Å². The molecule has 0 fully saturated rings. The molecule has 4 aromatic carbocycles. The van der Waals surface area contributed by atoms with Crippen LogP contribution >= 0.6 is 0 Å². The van der Waals surface area contributed by atoms with E-state index in [1.807, 2.05) is 12.1 Å². The molecule has 6 nitrogen and oxygen atoms in total. The van der Waals surface area contributed by atoms with Gasteiger partial charge in [0.25, 0.3) is 0 Å². The summed E-state index contributed by atoms with van der Waals surface area (Å²) in [6.45, 7) is 8.54. The Hall–Kier alpha value is -1.52. The second-order valence-corrected chi connectivity index (χ2v) is 12.9. The molecule has 0 aliphatic heterocycles. The van der Waals surface area contributed by atoms with Crippen LogP contribution in [0.4, 0.5) is 0 Å². The smallest absolute Gasteiger partial charge is 0.744 e. The fourth-order valence-corrected chi connectivity index (χ4v) is 6.07. The Morgan fingerprint density at radius 1 is 0.463 bits per heavy atom. The van der Waals surface area contributed by atoms with Gasteiger partial charge in [0, 0.05) is 0 Å². The van der Waals surface area contributed by atoms with Crippen LogP contribution in [-0.4, -0.2) is 63.7 Å². The second-order valence-electron chi connectivity index (χ2n) is 10.2. The first-order chi connectivity index (χ1) is 18.9. The van der Waals surface area contributed by atoms with Gasteiger partial charge in [-0.05, 0) is 93.7 Å². The first-order valence-electron chi connectivity index (χ1n) is 13.9. The fraction of sp³-hybridized carbons (Fsp3) is 0.375. The van der Waals surface area contributed by atoms with Gasteiger partial charge in [-0.3, -0.25) is 0 Å². The molecule has 0 aromatic heterocycles. The standard InChI is InChI=1S/2C16H20O3S.Ca/c2*1-3-5-12-9-14-7-8-16(20(17,18)19)11-15(14)10-13(12)6-4-2;/h2*7-11H,3-6H2,1-2H3,(H,17,18,19);/q;;+2/p-2. The van der Waals surface area contributed by atoms with Crippen molar-refractivity contribution in [1.82, 2.24) is 0 Å². The third-order valence-electron chi connectivity index (χ3n) is 6.92. The molecule has 41 heavy (non-hydrogen) atoms. The minimum atomic E-state index is -4.39. The van der Waals surface area contributed by atoms with Crippen molar-refractivity contribution in [1.29, 1.82) is 0 Å². The summed E-state index contributed by atoms with van der Waals surface area (Å²) in [4.78, 5) is -0.314. The molecular formula is C32H38CaO6S2. The van der Waals surface area contributed by atoms with Gasteiger partial charge < -0.3 is 9.11 Å². The number of rotatable bonds is 10. The number of aryl methyl sites for hydroxylation is 4. The number of benzene rings is 4. The molecule has 4 aromatic rings. The van der Waals surface area contributed by atoms with Gasteiger partial charge >= 0.3 is 37.7 Å². The Balaban J connectivity index is 0.000000280. The quantitative estimate of drug-likeness (QED) is 0.140. The van der Waals surface area contributed by atoms with Crippen LogP contribution in [0.1, 0.15) is 75.6 Å². The number of hydrogen-bond donors (Lipinski definition) is 0. The first-order valence-corrected chi connectivity index (χ1v) is 16.8. The molecule has 0 aliphatic rings. The molecule has 0 bridgehead atoms. The van der Waals surface area contributed by atoms with E-state index >= 15 is 0 Å². The third-order valence-corrected chi connectivity index (χ3v) is 8.58. The molecule has 216 valence electrons. The van der Waals surface area contributed by atoms with Gasteiger partial charge in [0.2, 0.25) is 0 Å². The van der Waals surface area contributed by atoms with E-state index in [0.29, 0.717) is 0 Å². The topological polar surface area (TPSA) is 114 Å². The normalized spacial score (nSPS) is 11.7. The van der Waals surface area contributed by atoms with Crippen molar-refractivity contribution in [3.63, 3.8) is 0 Å². The zero-order valence-electron chi connectivity index (χ0n) is 24.4. The molecule has 0 unspecified atom stereocenters. The van der Waals surface area contributed by atoms with Crippen LogP contribution in [0.25, 0.3) is 21.5 Å².